The first-order valence-electron chi connectivity index (χ1n) is 7.97. The molecule has 4 rings (SSSR count). The summed E-state index contributed by atoms with van der Waals surface area (Å²) in [4.78, 5) is 4.46. The second-order valence-electron chi connectivity index (χ2n) is 5.92. The molecule has 0 saturated heterocycles. The van der Waals surface area contributed by atoms with Crippen molar-refractivity contribution in [3.63, 3.8) is 0 Å². The van der Waals surface area contributed by atoms with E-state index in [2.05, 4.69) is 4.98 Å². The summed E-state index contributed by atoms with van der Waals surface area (Å²) < 4.78 is 27.8. The predicted molar refractivity (Wildman–Crippen MR) is 110 cm³/mol. The van der Waals surface area contributed by atoms with Crippen molar-refractivity contribution in [1.82, 2.24) is 8.96 Å². The van der Waals surface area contributed by atoms with Crippen molar-refractivity contribution >= 4 is 60.2 Å². The Labute approximate surface area is 160 Å². The molecule has 0 atom stereocenters. The monoisotopic (exact) mass is 402 g/mol. The van der Waals surface area contributed by atoms with Crippen LogP contribution in [0.15, 0.2) is 54.7 Å². The highest BCUT2D eigenvalue weighted by Crippen LogP contribution is 2.26. The quantitative estimate of drug-likeness (QED) is 0.477. The van der Waals surface area contributed by atoms with Crippen molar-refractivity contribution in [1.29, 1.82) is 0 Å². The third-order valence-electron chi connectivity index (χ3n) is 4.07. The van der Waals surface area contributed by atoms with Gasteiger partial charge in [0.25, 0.3) is 0 Å². The molecule has 4 aromatic rings. The van der Waals surface area contributed by atoms with E-state index in [0.717, 1.165) is 26.2 Å². The van der Waals surface area contributed by atoms with Crippen LogP contribution in [0.2, 0.25) is 5.02 Å². The van der Waals surface area contributed by atoms with Crippen LogP contribution >= 0.6 is 22.9 Å². The number of fused-ring (bicyclic) bond motifs is 2. The van der Waals surface area contributed by atoms with Gasteiger partial charge in [0, 0.05) is 16.6 Å². The molecular weight excluding hydrogens is 388 g/mol. The molecule has 0 aliphatic heterocycles. The van der Waals surface area contributed by atoms with Gasteiger partial charge in [-0.05, 0) is 42.8 Å². The molecule has 0 amide bonds. The first-order valence-corrected chi connectivity index (χ1v) is 10.8. The molecule has 0 N–H and O–H groups in total. The van der Waals surface area contributed by atoms with E-state index in [1.54, 1.807) is 47.9 Å². The summed E-state index contributed by atoms with van der Waals surface area (Å²) in [6, 6.07) is 12.8. The number of thiazole rings is 1. The molecule has 0 spiro atoms. The number of aryl methyl sites for hydroxylation is 1. The maximum absolute atomic E-state index is 12.7. The topological polar surface area (TPSA) is 52.0 Å². The normalized spacial score (nSPS) is 12.5. The minimum absolute atomic E-state index is 0.0897. The van der Waals surface area contributed by atoms with Crippen molar-refractivity contribution < 1.29 is 8.42 Å². The van der Waals surface area contributed by atoms with Gasteiger partial charge in [0.1, 0.15) is 0 Å². The largest absolute Gasteiger partial charge is 0.245 e. The molecule has 0 bridgehead atoms. The average molecular weight is 403 g/mol. The van der Waals surface area contributed by atoms with Crippen LogP contribution in [0.25, 0.3) is 27.2 Å². The van der Waals surface area contributed by atoms with E-state index in [0.29, 0.717) is 10.5 Å². The Morgan fingerprint density at radius 3 is 2.92 bits per heavy atom. The zero-order valence-electron chi connectivity index (χ0n) is 13.9. The molecule has 26 heavy (non-hydrogen) atoms. The molecule has 2 aromatic carbocycles. The Balaban J connectivity index is 1.64. The van der Waals surface area contributed by atoms with Crippen LogP contribution in [0.3, 0.4) is 0 Å². The highest BCUT2D eigenvalue weighted by atomic mass is 35.5. The van der Waals surface area contributed by atoms with Crippen molar-refractivity contribution in [3.8, 4) is 0 Å². The van der Waals surface area contributed by atoms with Gasteiger partial charge in [-0.3, -0.25) is 0 Å². The number of nitrogens with zero attached hydrogens (tertiary/aromatic N) is 2. The third-order valence-corrected chi connectivity index (χ3v) is 6.88. The molecule has 132 valence electrons. The summed E-state index contributed by atoms with van der Waals surface area (Å²) >= 11 is 7.58. The van der Waals surface area contributed by atoms with E-state index in [4.69, 9.17) is 11.6 Å². The van der Waals surface area contributed by atoms with Gasteiger partial charge in [0.2, 0.25) is 10.0 Å². The minimum atomic E-state index is -3.50. The molecule has 2 aromatic heterocycles. The van der Waals surface area contributed by atoms with Crippen molar-refractivity contribution in [2.75, 3.05) is 5.75 Å². The number of rotatable bonds is 4. The zero-order valence-corrected chi connectivity index (χ0v) is 16.3. The summed E-state index contributed by atoms with van der Waals surface area (Å²) in [7, 11) is -3.50. The van der Waals surface area contributed by atoms with Gasteiger partial charge in [-0.15, -0.1) is 11.3 Å². The fraction of sp³-hybridized carbons (Fsp3) is 0.105. The molecule has 0 unspecified atom stereocenters. The Morgan fingerprint density at radius 1 is 1.23 bits per heavy atom. The molecule has 0 aliphatic carbocycles. The first kappa shape index (κ1) is 17.3. The van der Waals surface area contributed by atoms with Gasteiger partial charge in [-0.25, -0.2) is 17.4 Å². The average Bonchev–Trinajstić information content (AvgIpc) is 3.17. The lowest BCUT2D eigenvalue weighted by Crippen LogP contribution is -2.14. The van der Waals surface area contributed by atoms with Gasteiger partial charge >= 0.3 is 0 Å². The van der Waals surface area contributed by atoms with Crippen LogP contribution in [-0.4, -0.2) is 23.1 Å². The number of halogens is 1. The summed E-state index contributed by atoms with van der Waals surface area (Å²) in [5.74, 6) is -0.0897. The number of benzene rings is 2. The first-order chi connectivity index (χ1) is 12.4. The Hall–Kier alpha value is -2.15. The maximum atomic E-state index is 12.7. The molecule has 7 heteroatoms. The molecule has 0 saturated carbocycles. The third kappa shape index (κ3) is 3.16. The number of hydrogen-bond donors (Lipinski definition) is 0. The molecular formula is C19H15ClN2O2S2. The fourth-order valence-corrected chi connectivity index (χ4v) is 5.22. The highest BCUT2D eigenvalue weighted by Gasteiger charge is 2.14. The van der Waals surface area contributed by atoms with Crippen LogP contribution in [-0.2, 0) is 10.0 Å². The maximum Gasteiger partial charge on any atom is 0.242 e. The Kier molecular flexibility index (Phi) is 4.34. The van der Waals surface area contributed by atoms with E-state index in [1.165, 1.54) is 3.97 Å². The van der Waals surface area contributed by atoms with Crippen LogP contribution < -0.4 is 0 Å². The van der Waals surface area contributed by atoms with Gasteiger partial charge in [-0.1, -0.05) is 35.9 Å². The van der Waals surface area contributed by atoms with Gasteiger partial charge in [-0.2, -0.15) is 0 Å². The lowest BCUT2D eigenvalue weighted by Gasteiger charge is -2.05. The molecule has 2 heterocycles. The van der Waals surface area contributed by atoms with E-state index >= 15 is 0 Å². The Morgan fingerprint density at radius 2 is 2.08 bits per heavy atom. The standard InChI is InChI=1S/C19H15ClN2O2S2/c1-13-21-17-6-2-4-14(19(17)25-13)5-3-11-26(23,24)22-10-9-15-12-16(20)7-8-18(15)22/h2-10,12H,11H2,1H3. The lowest BCUT2D eigenvalue weighted by molar-refractivity contribution is 0.592. The lowest BCUT2D eigenvalue weighted by atomic mass is 10.2. The van der Waals surface area contributed by atoms with Crippen molar-refractivity contribution in [3.05, 3.63) is 70.3 Å². The zero-order chi connectivity index (χ0) is 18.3. The van der Waals surface area contributed by atoms with E-state index in [1.807, 2.05) is 31.2 Å². The van der Waals surface area contributed by atoms with Gasteiger partial charge in [0.15, 0.2) is 0 Å². The van der Waals surface area contributed by atoms with E-state index in [9.17, 15) is 8.42 Å². The van der Waals surface area contributed by atoms with Gasteiger partial charge in [0.05, 0.1) is 26.5 Å². The molecule has 0 fully saturated rings. The van der Waals surface area contributed by atoms with E-state index in [-0.39, 0.29) is 5.75 Å². The predicted octanol–water partition coefficient (Wildman–Crippen LogP) is 5.10. The van der Waals surface area contributed by atoms with Crippen LogP contribution in [0.5, 0.6) is 0 Å². The number of hydrogen-bond acceptors (Lipinski definition) is 4. The molecule has 0 aliphatic rings. The number of aromatic nitrogens is 2. The summed E-state index contributed by atoms with van der Waals surface area (Å²) in [6.45, 7) is 1.96. The van der Waals surface area contributed by atoms with Crippen LogP contribution in [0.4, 0.5) is 0 Å². The van der Waals surface area contributed by atoms with Crippen LogP contribution in [0.1, 0.15) is 10.6 Å². The van der Waals surface area contributed by atoms with Crippen molar-refractivity contribution in [2.24, 2.45) is 0 Å². The fourth-order valence-electron chi connectivity index (χ4n) is 2.92. The summed E-state index contributed by atoms with van der Waals surface area (Å²) in [5, 5.41) is 2.38. The second-order valence-corrected chi connectivity index (χ2v) is 9.45. The van der Waals surface area contributed by atoms with Crippen LogP contribution in [0, 0.1) is 6.92 Å². The smallest absolute Gasteiger partial charge is 0.242 e. The summed E-state index contributed by atoms with van der Waals surface area (Å²) in [6.07, 6.45) is 5.10. The second kappa shape index (κ2) is 6.54. The molecule has 4 nitrogen and oxygen atoms in total. The van der Waals surface area contributed by atoms with Gasteiger partial charge < -0.3 is 0 Å². The van der Waals surface area contributed by atoms with Crippen molar-refractivity contribution in [2.45, 2.75) is 6.92 Å². The SMILES string of the molecule is Cc1nc2cccc(C=CCS(=O)(=O)n3ccc4cc(Cl)ccc43)c2s1. The highest BCUT2D eigenvalue weighted by molar-refractivity contribution is 7.90. The molecule has 0 radical (unpaired) electrons. The van der Waals surface area contributed by atoms with E-state index < -0.39 is 10.0 Å². The summed E-state index contributed by atoms with van der Waals surface area (Å²) in [5.41, 5.74) is 2.54. The minimum Gasteiger partial charge on any atom is -0.245 e. The Bertz CT molecular complexity index is 1250.